The van der Waals surface area contributed by atoms with Crippen molar-refractivity contribution in [2.75, 3.05) is 57.3 Å². The number of aryl methyl sites for hydroxylation is 1. The number of piperazine rings is 1. The van der Waals surface area contributed by atoms with E-state index in [1.807, 2.05) is 23.2 Å². The number of amides is 1. The molecular weight excluding hydrogens is 472 g/mol. The Morgan fingerprint density at radius 3 is 2.29 bits per heavy atom. The second kappa shape index (κ2) is 10.8. The van der Waals surface area contributed by atoms with E-state index in [4.69, 9.17) is 0 Å². The molecule has 3 N–H and O–H groups in total. The fourth-order valence-electron chi connectivity index (χ4n) is 4.74. The molecule has 1 aromatic carbocycles. The second-order valence-corrected chi connectivity index (χ2v) is 10.9. The van der Waals surface area contributed by atoms with Crippen LogP contribution in [0.25, 0.3) is 0 Å². The van der Waals surface area contributed by atoms with Gasteiger partial charge in [-0.3, -0.25) is 19.5 Å². The molecule has 0 spiro atoms. The molecule has 0 atom stereocenters. The van der Waals surface area contributed by atoms with Crippen LogP contribution in [0.4, 0.5) is 5.69 Å². The standard InChI is InChI=1S/C23H32N6O5S/c1-17-20(22(31)26-23(32)25-17)35(33,34)29-10-7-18(8-11-29)21(30)24-9-12-27-13-15-28(16-14-27)19-5-3-2-4-6-19/h2-6,18H,7-16H2,1H3,(H,24,30)(H2,25,26,31,32). The number of benzene rings is 1. The van der Waals surface area contributed by atoms with Crippen molar-refractivity contribution in [1.82, 2.24) is 24.5 Å². The minimum absolute atomic E-state index is 0.00298. The predicted molar refractivity (Wildman–Crippen MR) is 132 cm³/mol. The number of H-pyrrole nitrogens is 2. The van der Waals surface area contributed by atoms with E-state index in [1.54, 1.807) is 0 Å². The summed E-state index contributed by atoms with van der Waals surface area (Å²) in [5.74, 6) is -0.339. The molecule has 0 unspecified atom stereocenters. The van der Waals surface area contributed by atoms with Crippen LogP contribution < -0.4 is 21.5 Å². The van der Waals surface area contributed by atoms with E-state index >= 15 is 0 Å². The van der Waals surface area contributed by atoms with Crippen LogP contribution >= 0.6 is 0 Å². The van der Waals surface area contributed by atoms with Gasteiger partial charge in [0, 0.05) is 69.7 Å². The molecule has 0 radical (unpaired) electrons. The van der Waals surface area contributed by atoms with Gasteiger partial charge in [-0.25, -0.2) is 13.2 Å². The maximum Gasteiger partial charge on any atom is 0.325 e. The summed E-state index contributed by atoms with van der Waals surface area (Å²) in [7, 11) is -4.07. The Labute approximate surface area is 204 Å². The summed E-state index contributed by atoms with van der Waals surface area (Å²) in [4.78, 5) is 44.7. The van der Waals surface area contributed by atoms with Gasteiger partial charge < -0.3 is 15.2 Å². The Morgan fingerprint density at radius 1 is 1.00 bits per heavy atom. The molecule has 4 rings (SSSR count). The molecule has 190 valence electrons. The number of sulfonamides is 1. The number of nitrogens with one attached hydrogen (secondary N) is 3. The molecule has 11 nitrogen and oxygen atoms in total. The fourth-order valence-corrected chi connectivity index (χ4v) is 6.41. The maximum absolute atomic E-state index is 13.0. The van der Waals surface area contributed by atoms with Crippen molar-refractivity contribution in [2.24, 2.45) is 5.92 Å². The minimum atomic E-state index is -4.07. The minimum Gasteiger partial charge on any atom is -0.369 e. The largest absolute Gasteiger partial charge is 0.369 e. The Hall–Kier alpha value is -2.96. The van der Waals surface area contributed by atoms with E-state index in [1.165, 1.54) is 16.9 Å². The highest BCUT2D eigenvalue weighted by atomic mass is 32.2. The molecule has 2 aromatic rings. The zero-order chi connectivity index (χ0) is 25.0. The molecule has 2 fully saturated rings. The first-order chi connectivity index (χ1) is 16.8. The highest BCUT2D eigenvalue weighted by Gasteiger charge is 2.34. The highest BCUT2D eigenvalue weighted by Crippen LogP contribution is 2.23. The number of aromatic amines is 2. The molecule has 3 heterocycles. The van der Waals surface area contributed by atoms with E-state index in [2.05, 4.69) is 32.2 Å². The Balaban J connectivity index is 1.21. The van der Waals surface area contributed by atoms with Crippen molar-refractivity contribution in [1.29, 1.82) is 0 Å². The first kappa shape index (κ1) is 25.1. The third-order valence-electron chi connectivity index (χ3n) is 6.72. The summed E-state index contributed by atoms with van der Waals surface area (Å²) in [5, 5.41) is 3.00. The third-order valence-corrected chi connectivity index (χ3v) is 8.77. The zero-order valence-electron chi connectivity index (χ0n) is 19.8. The average molecular weight is 505 g/mol. The molecule has 2 saturated heterocycles. The van der Waals surface area contributed by atoms with Crippen molar-refractivity contribution < 1.29 is 13.2 Å². The van der Waals surface area contributed by atoms with Gasteiger partial charge in [-0.15, -0.1) is 0 Å². The molecule has 0 aliphatic carbocycles. The Kier molecular flexibility index (Phi) is 7.72. The lowest BCUT2D eigenvalue weighted by Crippen LogP contribution is -2.49. The fraction of sp³-hybridized carbons (Fsp3) is 0.522. The van der Waals surface area contributed by atoms with E-state index in [-0.39, 0.29) is 30.6 Å². The van der Waals surface area contributed by atoms with Crippen LogP contribution in [0, 0.1) is 12.8 Å². The van der Waals surface area contributed by atoms with E-state index in [0.29, 0.717) is 19.4 Å². The molecule has 2 aliphatic heterocycles. The molecule has 1 aromatic heterocycles. The Morgan fingerprint density at radius 2 is 1.66 bits per heavy atom. The van der Waals surface area contributed by atoms with Gasteiger partial charge in [-0.05, 0) is 31.9 Å². The first-order valence-corrected chi connectivity index (χ1v) is 13.3. The van der Waals surface area contributed by atoms with E-state index < -0.39 is 26.2 Å². The molecule has 12 heteroatoms. The quantitative estimate of drug-likeness (QED) is 0.471. The molecular formula is C23H32N6O5S. The van der Waals surface area contributed by atoms with Crippen molar-refractivity contribution in [3.8, 4) is 0 Å². The molecule has 0 bridgehead atoms. The van der Waals surface area contributed by atoms with Gasteiger partial charge in [0.15, 0.2) is 4.90 Å². The highest BCUT2D eigenvalue weighted by molar-refractivity contribution is 7.89. The van der Waals surface area contributed by atoms with Crippen LogP contribution in [0.3, 0.4) is 0 Å². The number of para-hydroxylation sites is 1. The number of rotatable bonds is 7. The van der Waals surface area contributed by atoms with Gasteiger partial charge >= 0.3 is 5.69 Å². The van der Waals surface area contributed by atoms with Gasteiger partial charge in [-0.2, -0.15) is 4.31 Å². The predicted octanol–water partition coefficient (Wildman–Crippen LogP) is -0.289. The monoisotopic (exact) mass is 504 g/mol. The lowest BCUT2D eigenvalue weighted by Gasteiger charge is -2.36. The van der Waals surface area contributed by atoms with Crippen molar-refractivity contribution in [3.63, 3.8) is 0 Å². The molecule has 2 aliphatic rings. The van der Waals surface area contributed by atoms with Gasteiger partial charge in [-0.1, -0.05) is 18.2 Å². The number of piperidine rings is 1. The van der Waals surface area contributed by atoms with E-state index in [0.717, 1.165) is 32.7 Å². The van der Waals surface area contributed by atoms with Crippen LogP contribution in [0.2, 0.25) is 0 Å². The van der Waals surface area contributed by atoms with Crippen LogP contribution in [0.15, 0.2) is 44.8 Å². The summed E-state index contributed by atoms with van der Waals surface area (Å²) in [6.07, 6.45) is 0.752. The van der Waals surface area contributed by atoms with Crippen LogP contribution in [0.5, 0.6) is 0 Å². The SMILES string of the molecule is Cc1[nH]c(=O)[nH]c(=O)c1S(=O)(=O)N1CCC(C(=O)NCCN2CCN(c3ccccc3)CC2)CC1. The zero-order valence-corrected chi connectivity index (χ0v) is 20.6. The molecule has 1 amide bonds. The van der Waals surface area contributed by atoms with Crippen LogP contribution in [-0.4, -0.2) is 85.9 Å². The number of aromatic nitrogens is 2. The molecule has 35 heavy (non-hydrogen) atoms. The second-order valence-electron chi connectivity index (χ2n) is 9.00. The summed E-state index contributed by atoms with van der Waals surface area (Å²) in [6, 6.07) is 10.3. The van der Waals surface area contributed by atoms with Gasteiger partial charge in [0.2, 0.25) is 15.9 Å². The third kappa shape index (κ3) is 5.82. The van der Waals surface area contributed by atoms with Crippen LogP contribution in [0.1, 0.15) is 18.5 Å². The summed E-state index contributed by atoms with van der Waals surface area (Å²) >= 11 is 0. The van der Waals surface area contributed by atoms with Crippen LogP contribution in [-0.2, 0) is 14.8 Å². The number of carbonyl (C=O) groups excluding carboxylic acids is 1. The first-order valence-electron chi connectivity index (χ1n) is 11.9. The Bertz CT molecular complexity index is 1240. The summed E-state index contributed by atoms with van der Waals surface area (Å²) < 4.78 is 27.1. The van der Waals surface area contributed by atoms with Gasteiger partial charge in [0.1, 0.15) is 0 Å². The molecule has 0 saturated carbocycles. The van der Waals surface area contributed by atoms with Gasteiger partial charge in [0.05, 0.1) is 0 Å². The van der Waals surface area contributed by atoms with Crippen molar-refractivity contribution in [3.05, 3.63) is 56.9 Å². The maximum atomic E-state index is 13.0. The lowest BCUT2D eigenvalue weighted by atomic mass is 9.97. The topological polar surface area (TPSA) is 139 Å². The van der Waals surface area contributed by atoms with Crippen molar-refractivity contribution >= 4 is 21.6 Å². The van der Waals surface area contributed by atoms with Gasteiger partial charge in [0.25, 0.3) is 5.56 Å². The number of hydrogen-bond acceptors (Lipinski definition) is 7. The number of anilines is 1. The summed E-state index contributed by atoms with van der Waals surface area (Å²) in [6.45, 7) is 6.75. The van der Waals surface area contributed by atoms with Crippen molar-refractivity contribution in [2.45, 2.75) is 24.7 Å². The summed E-state index contributed by atoms with van der Waals surface area (Å²) in [5.41, 5.74) is -0.451. The normalized spacial score (nSPS) is 18.5. The smallest absolute Gasteiger partial charge is 0.325 e. The number of carbonyl (C=O) groups is 1. The number of nitrogens with zero attached hydrogens (tertiary/aromatic N) is 3. The lowest BCUT2D eigenvalue weighted by molar-refractivity contribution is -0.126. The number of hydrogen-bond donors (Lipinski definition) is 3. The average Bonchev–Trinajstić information content (AvgIpc) is 2.84. The van der Waals surface area contributed by atoms with E-state index in [9.17, 15) is 22.8 Å².